The van der Waals surface area contributed by atoms with Gasteiger partial charge in [-0.15, -0.1) is 0 Å². The van der Waals surface area contributed by atoms with Crippen molar-refractivity contribution in [3.63, 3.8) is 0 Å². The second kappa shape index (κ2) is 5.76. The van der Waals surface area contributed by atoms with Gasteiger partial charge in [-0.2, -0.15) is 10.1 Å². The summed E-state index contributed by atoms with van der Waals surface area (Å²) in [7, 11) is 1.93. The molecule has 0 unspecified atom stereocenters. The summed E-state index contributed by atoms with van der Waals surface area (Å²) in [6.07, 6.45) is 5.04. The second-order valence-electron chi connectivity index (χ2n) is 5.03. The van der Waals surface area contributed by atoms with Gasteiger partial charge >= 0.3 is 0 Å². The molecule has 0 N–H and O–H groups in total. The zero-order valence-electron chi connectivity index (χ0n) is 11.2. The maximum Gasteiger partial charge on any atom is 0.233 e. The molecule has 3 rings (SSSR count). The predicted octanol–water partition coefficient (Wildman–Crippen LogP) is 1.37. The molecular weight excluding hydrogens is 278 g/mol. The minimum absolute atomic E-state index is 0.355. The van der Waals surface area contributed by atoms with Crippen LogP contribution in [0.4, 0.5) is 0 Å². The molecule has 1 aliphatic heterocycles. The lowest BCUT2D eigenvalue weighted by Gasteiger charge is -2.38. The Bertz CT molecular complexity index is 582. The van der Waals surface area contributed by atoms with Gasteiger partial charge in [0.2, 0.25) is 5.88 Å². The highest BCUT2D eigenvalue weighted by atomic mass is 35.5. The maximum absolute atomic E-state index is 5.75. The van der Waals surface area contributed by atoms with E-state index in [4.69, 9.17) is 16.3 Å². The van der Waals surface area contributed by atoms with Crippen molar-refractivity contribution in [2.75, 3.05) is 19.7 Å². The average molecular weight is 294 g/mol. The number of hydrogen-bond acceptors (Lipinski definition) is 5. The van der Waals surface area contributed by atoms with E-state index in [-0.39, 0.29) is 0 Å². The molecule has 0 amide bonds. The molecule has 20 heavy (non-hydrogen) atoms. The van der Waals surface area contributed by atoms with Gasteiger partial charge in [-0.3, -0.25) is 14.6 Å². The van der Waals surface area contributed by atoms with Gasteiger partial charge in [-0.1, -0.05) is 11.6 Å². The van der Waals surface area contributed by atoms with Crippen molar-refractivity contribution in [1.82, 2.24) is 24.6 Å². The molecule has 6 nitrogen and oxygen atoms in total. The molecule has 0 bridgehead atoms. The molecule has 0 spiro atoms. The van der Waals surface area contributed by atoms with Crippen molar-refractivity contribution >= 4 is 11.6 Å². The summed E-state index contributed by atoms with van der Waals surface area (Å²) in [5.74, 6) is 1.01. The lowest BCUT2D eigenvalue weighted by atomic mass is 10.0. The third-order valence-electron chi connectivity index (χ3n) is 3.24. The van der Waals surface area contributed by atoms with Crippen molar-refractivity contribution in [3.8, 4) is 5.88 Å². The first-order valence-electron chi connectivity index (χ1n) is 6.50. The van der Waals surface area contributed by atoms with Crippen LogP contribution in [0.5, 0.6) is 5.88 Å². The minimum Gasteiger partial charge on any atom is -0.476 e. The number of ether oxygens (including phenoxy) is 1. The Morgan fingerprint density at radius 2 is 2.25 bits per heavy atom. The van der Waals surface area contributed by atoms with Crippen molar-refractivity contribution in [2.24, 2.45) is 13.0 Å². The van der Waals surface area contributed by atoms with Crippen LogP contribution in [0.3, 0.4) is 0 Å². The van der Waals surface area contributed by atoms with Gasteiger partial charge in [-0.05, 0) is 6.07 Å². The summed E-state index contributed by atoms with van der Waals surface area (Å²) >= 11 is 5.75. The highest BCUT2D eigenvalue weighted by Gasteiger charge is 2.27. The van der Waals surface area contributed by atoms with Gasteiger partial charge in [-0.25, -0.2) is 0 Å². The van der Waals surface area contributed by atoms with Crippen molar-refractivity contribution < 1.29 is 4.74 Å². The molecule has 0 aliphatic carbocycles. The smallest absolute Gasteiger partial charge is 0.233 e. The Morgan fingerprint density at radius 3 is 2.95 bits per heavy atom. The lowest BCUT2D eigenvalue weighted by molar-refractivity contribution is 0.0532. The Hall–Kier alpha value is -1.66. The van der Waals surface area contributed by atoms with Crippen LogP contribution in [-0.2, 0) is 13.6 Å². The van der Waals surface area contributed by atoms with E-state index >= 15 is 0 Å². The predicted molar refractivity (Wildman–Crippen MR) is 74.5 cm³/mol. The lowest BCUT2D eigenvalue weighted by Crippen LogP contribution is -2.48. The molecule has 3 heterocycles. The molecule has 1 saturated heterocycles. The first-order valence-corrected chi connectivity index (χ1v) is 6.88. The second-order valence-corrected chi connectivity index (χ2v) is 5.42. The minimum atomic E-state index is 0.355. The Balaban J connectivity index is 1.40. The average Bonchev–Trinajstić information content (AvgIpc) is 2.78. The highest BCUT2D eigenvalue weighted by molar-refractivity contribution is 6.29. The number of aryl methyl sites for hydroxylation is 1. The SMILES string of the molecule is Cn1ccc(CN2CC(COc3cncc(Cl)n3)C2)n1. The van der Waals surface area contributed by atoms with Gasteiger partial charge in [0, 0.05) is 38.8 Å². The highest BCUT2D eigenvalue weighted by Crippen LogP contribution is 2.19. The van der Waals surface area contributed by atoms with Gasteiger partial charge in [0.15, 0.2) is 5.15 Å². The van der Waals surface area contributed by atoms with E-state index in [1.165, 1.54) is 6.20 Å². The topological polar surface area (TPSA) is 56.1 Å². The molecule has 106 valence electrons. The van der Waals surface area contributed by atoms with Crippen LogP contribution in [0.2, 0.25) is 5.15 Å². The zero-order chi connectivity index (χ0) is 13.9. The fraction of sp³-hybridized carbons (Fsp3) is 0.462. The van der Waals surface area contributed by atoms with E-state index in [1.54, 1.807) is 6.20 Å². The maximum atomic E-state index is 5.75. The van der Waals surface area contributed by atoms with Crippen LogP contribution in [0, 0.1) is 5.92 Å². The first kappa shape index (κ1) is 13.3. The van der Waals surface area contributed by atoms with Crippen LogP contribution in [0.25, 0.3) is 0 Å². The van der Waals surface area contributed by atoms with Gasteiger partial charge < -0.3 is 4.74 Å². The number of halogens is 1. The molecule has 0 saturated carbocycles. The quantitative estimate of drug-likeness (QED) is 0.833. The van der Waals surface area contributed by atoms with Gasteiger partial charge in [0.1, 0.15) is 0 Å². The van der Waals surface area contributed by atoms with Crippen LogP contribution in [0.1, 0.15) is 5.69 Å². The normalized spacial score (nSPS) is 16.1. The summed E-state index contributed by atoms with van der Waals surface area (Å²) in [6.45, 7) is 3.58. The number of rotatable bonds is 5. The third-order valence-corrected chi connectivity index (χ3v) is 3.42. The molecule has 0 aromatic carbocycles. The van der Waals surface area contributed by atoms with E-state index in [0.29, 0.717) is 23.6 Å². The summed E-state index contributed by atoms with van der Waals surface area (Å²) < 4.78 is 7.42. The number of likely N-dealkylation sites (tertiary alicyclic amines) is 1. The van der Waals surface area contributed by atoms with Crippen LogP contribution in [-0.4, -0.2) is 44.3 Å². The van der Waals surface area contributed by atoms with Crippen LogP contribution in [0.15, 0.2) is 24.7 Å². The molecule has 7 heteroatoms. The largest absolute Gasteiger partial charge is 0.476 e. The van der Waals surface area contributed by atoms with Gasteiger partial charge in [0.25, 0.3) is 0 Å². The Morgan fingerprint density at radius 1 is 1.40 bits per heavy atom. The fourth-order valence-corrected chi connectivity index (χ4v) is 2.43. The molecule has 0 atom stereocenters. The van der Waals surface area contributed by atoms with Gasteiger partial charge in [0.05, 0.1) is 24.7 Å². The Kier molecular flexibility index (Phi) is 3.84. The van der Waals surface area contributed by atoms with E-state index in [2.05, 4.69) is 20.0 Å². The van der Waals surface area contributed by atoms with E-state index in [0.717, 1.165) is 25.3 Å². The summed E-state index contributed by atoms with van der Waals surface area (Å²) in [5.41, 5.74) is 1.10. The van der Waals surface area contributed by atoms with Crippen LogP contribution >= 0.6 is 11.6 Å². The number of hydrogen-bond donors (Lipinski definition) is 0. The monoisotopic (exact) mass is 293 g/mol. The third kappa shape index (κ3) is 3.26. The van der Waals surface area contributed by atoms with Crippen molar-refractivity contribution in [3.05, 3.63) is 35.5 Å². The molecule has 1 fully saturated rings. The summed E-state index contributed by atoms with van der Waals surface area (Å²) in [4.78, 5) is 10.3. The van der Waals surface area contributed by atoms with E-state index in [9.17, 15) is 0 Å². The fourth-order valence-electron chi connectivity index (χ4n) is 2.29. The molecule has 1 aliphatic rings. The zero-order valence-corrected chi connectivity index (χ0v) is 12.0. The van der Waals surface area contributed by atoms with E-state index in [1.807, 2.05) is 24.0 Å². The molecule has 0 radical (unpaired) electrons. The standard InChI is InChI=1S/C13H16ClN5O/c1-18-3-2-11(17-18)8-19-6-10(7-19)9-20-13-5-15-4-12(14)16-13/h2-5,10H,6-9H2,1H3. The Labute approximate surface area is 122 Å². The van der Waals surface area contributed by atoms with Crippen molar-refractivity contribution in [2.45, 2.75) is 6.54 Å². The summed E-state index contributed by atoms with van der Waals surface area (Å²) in [6, 6.07) is 2.05. The summed E-state index contributed by atoms with van der Waals surface area (Å²) in [5, 5.41) is 4.73. The van der Waals surface area contributed by atoms with E-state index < -0.39 is 0 Å². The molecule has 2 aromatic rings. The first-order chi connectivity index (χ1) is 9.69. The van der Waals surface area contributed by atoms with Crippen LogP contribution < -0.4 is 4.74 Å². The van der Waals surface area contributed by atoms with Crippen molar-refractivity contribution in [1.29, 1.82) is 0 Å². The number of aromatic nitrogens is 4. The number of nitrogens with zero attached hydrogens (tertiary/aromatic N) is 5. The molecular formula is C13H16ClN5O. The molecule has 2 aromatic heterocycles.